The molecular weight excluding hydrogens is 294 g/mol. The predicted molar refractivity (Wildman–Crippen MR) is 87.9 cm³/mol. The highest BCUT2D eigenvalue weighted by molar-refractivity contribution is 7.09. The molecule has 5 nitrogen and oxygen atoms in total. The number of aromatic nitrogens is 4. The van der Waals surface area contributed by atoms with E-state index in [0.717, 1.165) is 29.3 Å². The summed E-state index contributed by atoms with van der Waals surface area (Å²) in [6.45, 7) is 0.749. The molecule has 0 aliphatic carbocycles. The van der Waals surface area contributed by atoms with E-state index in [9.17, 15) is 0 Å². The number of anilines is 1. The molecule has 0 spiro atoms. The molecule has 0 aliphatic rings. The average molecular weight is 307 g/mol. The van der Waals surface area contributed by atoms with Gasteiger partial charge in [-0.25, -0.2) is 9.97 Å². The van der Waals surface area contributed by atoms with Gasteiger partial charge in [0.05, 0.1) is 18.4 Å². The highest BCUT2D eigenvalue weighted by atomic mass is 32.1. The number of nitrogens with zero attached hydrogens (tertiary/aromatic N) is 4. The lowest BCUT2D eigenvalue weighted by molar-refractivity contribution is 1.08. The zero-order valence-corrected chi connectivity index (χ0v) is 12.5. The Morgan fingerprint density at radius 1 is 1.09 bits per heavy atom. The van der Waals surface area contributed by atoms with E-state index in [1.54, 1.807) is 23.7 Å². The van der Waals surface area contributed by atoms with Crippen LogP contribution in [0.25, 0.3) is 16.9 Å². The van der Waals surface area contributed by atoms with Crippen LogP contribution in [0, 0.1) is 0 Å². The molecule has 0 saturated carbocycles. The van der Waals surface area contributed by atoms with E-state index < -0.39 is 0 Å². The summed E-state index contributed by atoms with van der Waals surface area (Å²) in [4.78, 5) is 14.4. The molecule has 1 N–H and O–H groups in total. The maximum atomic E-state index is 4.51. The SMILES string of the molecule is c1cncc(-c2cnc3c(NCc4cccs4)nccn23)c1. The highest BCUT2D eigenvalue weighted by Gasteiger charge is 2.10. The number of rotatable bonds is 4. The van der Waals surface area contributed by atoms with Gasteiger partial charge in [0.2, 0.25) is 0 Å². The summed E-state index contributed by atoms with van der Waals surface area (Å²) in [6.07, 6.45) is 9.15. The molecule has 0 fully saturated rings. The minimum atomic E-state index is 0.749. The lowest BCUT2D eigenvalue weighted by Gasteiger charge is -2.06. The van der Waals surface area contributed by atoms with E-state index >= 15 is 0 Å². The number of thiophene rings is 1. The van der Waals surface area contributed by atoms with Gasteiger partial charge in [0.15, 0.2) is 11.5 Å². The number of nitrogens with one attached hydrogen (secondary N) is 1. The van der Waals surface area contributed by atoms with Gasteiger partial charge in [0, 0.05) is 35.2 Å². The fraction of sp³-hybridized carbons (Fsp3) is 0.0625. The van der Waals surface area contributed by atoms with Crippen LogP contribution in [-0.2, 0) is 6.54 Å². The largest absolute Gasteiger partial charge is 0.362 e. The van der Waals surface area contributed by atoms with Crippen LogP contribution in [0.3, 0.4) is 0 Å². The second kappa shape index (κ2) is 5.57. The van der Waals surface area contributed by atoms with Crippen LogP contribution in [0.15, 0.2) is 60.6 Å². The smallest absolute Gasteiger partial charge is 0.180 e. The first kappa shape index (κ1) is 13.0. The third kappa shape index (κ3) is 2.33. The molecule has 0 aliphatic heterocycles. The number of pyridine rings is 1. The monoisotopic (exact) mass is 307 g/mol. The first-order chi connectivity index (χ1) is 10.9. The number of imidazole rings is 1. The highest BCUT2D eigenvalue weighted by Crippen LogP contribution is 2.23. The summed E-state index contributed by atoms with van der Waals surface area (Å²) in [5.74, 6) is 0.783. The van der Waals surface area contributed by atoms with Crippen molar-refractivity contribution < 1.29 is 0 Å². The Bertz CT molecular complexity index is 883. The molecular formula is C16H13N5S. The zero-order chi connectivity index (χ0) is 14.8. The molecule has 0 amide bonds. The molecule has 4 aromatic heterocycles. The number of hydrogen-bond acceptors (Lipinski definition) is 5. The molecule has 6 heteroatoms. The lowest BCUT2D eigenvalue weighted by Crippen LogP contribution is -2.02. The average Bonchev–Trinajstić information content (AvgIpc) is 3.23. The number of fused-ring (bicyclic) bond motifs is 1. The summed E-state index contributed by atoms with van der Waals surface area (Å²) in [5, 5.41) is 5.43. The van der Waals surface area contributed by atoms with E-state index in [1.165, 1.54) is 4.88 Å². The first-order valence-electron chi connectivity index (χ1n) is 6.90. The fourth-order valence-corrected chi connectivity index (χ4v) is 3.00. The maximum absolute atomic E-state index is 4.51. The van der Waals surface area contributed by atoms with Crippen LogP contribution in [0.2, 0.25) is 0 Å². The van der Waals surface area contributed by atoms with Crippen molar-refractivity contribution in [3.8, 4) is 11.3 Å². The molecule has 0 aromatic carbocycles. The first-order valence-corrected chi connectivity index (χ1v) is 7.78. The predicted octanol–water partition coefficient (Wildman–Crippen LogP) is 3.46. The van der Waals surface area contributed by atoms with Gasteiger partial charge >= 0.3 is 0 Å². The van der Waals surface area contributed by atoms with Crippen molar-refractivity contribution in [3.05, 3.63) is 65.5 Å². The van der Waals surface area contributed by atoms with Gasteiger partial charge in [0.25, 0.3) is 0 Å². The summed E-state index contributed by atoms with van der Waals surface area (Å²) in [5.41, 5.74) is 2.85. The lowest BCUT2D eigenvalue weighted by atomic mass is 10.2. The molecule has 0 bridgehead atoms. The molecule has 0 radical (unpaired) electrons. The summed E-state index contributed by atoms with van der Waals surface area (Å²) in [6, 6.07) is 8.09. The molecule has 0 atom stereocenters. The Labute approximate surface area is 131 Å². The maximum Gasteiger partial charge on any atom is 0.180 e. The quantitative estimate of drug-likeness (QED) is 0.627. The Morgan fingerprint density at radius 3 is 2.91 bits per heavy atom. The van der Waals surface area contributed by atoms with E-state index in [4.69, 9.17) is 0 Å². The van der Waals surface area contributed by atoms with Crippen LogP contribution >= 0.6 is 11.3 Å². The van der Waals surface area contributed by atoms with E-state index in [0.29, 0.717) is 0 Å². The van der Waals surface area contributed by atoms with Crippen molar-refractivity contribution in [2.75, 3.05) is 5.32 Å². The van der Waals surface area contributed by atoms with Gasteiger partial charge in [-0.05, 0) is 23.6 Å². The molecule has 22 heavy (non-hydrogen) atoms. The van der Waals surface area contributed by atoms with E-state index in [1.807, 2.05) is 41.2 Å². The minimum absolute atomic E-state index is 0.749. The Hall–Kier alpha value is -2.73. The Balaban J connectivity index is 1.71. The van der Waals surface area contributed by atoms with Gasteiger partial charge in [-0.3, -0.25) is 9.38 Å². The van der Waals surface area contributed by atoms with Crippen LogP contribution in [0.5, 0.6) is 0 Å². The van der Waals surface area contributed by atoms with Crippen LogP contribution in [0.4, 0.5) is 5.82 Å². The second-order valence-corrected chi connectivity index (χ2v) is 5.82. The van der Waals surface area contributed by atoms with E-state index in [2.05, 4.69) is 31.7 Å². The van der Waals surface area contributed by atoms with Crippen molar-refractivity contribution in [2.24, 2.45) is 0 Å². The van der Waals surface area contributed by atoms with Crippen LogP contribution < -0.4 is 5.32 Å². The van der Waals surface area contributed by atoms with Crippen molar-refractivity contribution in [1.29, 1.82) is 0 Å². The zero-order valence-electron chi connectivity index (χ0n) is 11.7. The van der Waals surface area contributed by atoms with Crippen molar-refractivity contribution in [2.45, 2.75) is 6.54 Å². The normalized spacial score (nSPS) is 10.9. The third-order valence-electron chi connectivity index (χ3n) is 3.40. The van der Waals surface area contributed by atoms with Crippen LogP contribution in [-0.4, -0.2) is 19.4 Å². The molecule has 4 aromatic rings. The molecule has 4 heterocycles. The Kier molecular flexibility index (Phi) is 3.29. The van der Waals surface area contributed by atoms with Crippen molar-refractivity contribution >= 4 is 22.8 Å². The molecule has 0 saturated heterocycles. The van der Waals surface area contributed by atoms with Crippen molar-refractivity contribution in [1.82, 2.24) is 19.4 Å². The van der Waals surface area contributed by atoms with Gasteiger partial charge in [0.1, 0.15) is 0 Å². The van der Waals surface area contributed by atoms with Gasteiger partial charge in [-0.15, -0.1) is 11.3 Å². The summed E-state index contributed by atoms with van der Waals surface area (Å²) >= 11 is 1.72. The standard InChI is InChI=1S/C16H13N5S/c1-3-12(9-17-5-1)14-11-20-16-15(18-6-7-21(14)16)19-10-13-4-2-8-22-13/h1-9,11H,10H2,(H,18,19). The molecule has 108 valence electrons. The third-order valence-corrected chi connectivity index (χ3v) is 4.27. The number of hydrogen-bond donors (Lipinski definition) is 1. The van der Waals surface area contributed by atoms with E-state index in [-0.39, 0.29) is 0 Å². The van der Waals surface area contributed by atoms with Gasteiger partial charge < -0.3 is 5.32 Å². The topological polar surface area (TPSA) is 55.1 Å². The Morgan fingerprint density at radius 2 is 2.09 bits per heavy atom. The van der Waals surface area contributed by atoms with Gasteiger partial charge in [-0.2, -0.15) is 0 Å². The minimum Gasteiger partial charge on any atom is -0.362 e. The van der Waals surface area contributed by atoms with Crippen LogP contribution in [0.1, 0.15) is 4.88 Å². The second-order valence-electron chi connectivity index (χ2n) is 4.79. The fourth-order valence-electron chi connectivity index (χ4n) is 2.36. The molecule has 4 rings (SSSR count). The van der Waals surface area contributed by atoms with Crippen molar-refractivity contribution in [3.63, 3.8) is 0 Å². The van der Waals surface area contributed by atoms with Gasteiger partial charge in [-0.1, -0.05) is 6.07 Å². The summed E-state index contributed by atoms with van der Waals surface area (Å²) in [7, 11) is 0. The molecule has 0 unspecified atom stereocenters. The summed E-state index contributed by atoms with van der Waals surface area (Å²) < 4.78 is 2.03.